The van der Waals surface area contributed by atoms with E-state index < -0.39 is 17.0 Å². The van der Waals surface area contributed by atoms with Gasteiger partial charge in [0.25, 0.3) is 5.69 Å². The molecule has 0 spiro atoms. The van der Waals surface area contributed by atoms with E-state index in [1.807, 2.05) is 0 Å². The SMILES string of the molecule is COc1ccc(NC(=O)NC(C)c2nnc(SCc3ccc(F)cc3)n2-c2ccc([N+](=O)[O-])cc2)c(OC)c1. The number of hydrogen-bond acceptors (Lipinski definition) is 8. The summed E-state index contributed by atoms with van der Waals surface area (Å²) >= 11 is 1.36. The number of aromatic nitrogens is 3. The van der Waals surface area contributed by atoms with Gasteiger partial charge in [0.1, 0.15) is 17.3 Å². The highest BCUT2D eigenvalue weighted by Gasteiger charge is 2.22. The molecule has 0 saturated heterocycles. The number of non-ortho nitro benzene ring substituents is 1. The van der Waals surface area contributed by atoms with Crippen LogP contribution in [0.2, 0.25) is 0 Å². The first kappa shape index (κ1) is 27.4. The van der Waals surface area contributed by atoms with Crippen molar-refractivity contribution >= 4 is 29.2 Å². The number of nitro groups is 1. The van der Waals surface area contributed by atoms with Crippen LogP contribution in [0.25, 0.3) is 5.69 Å². The molecule has 0 bridgehead atoms. The number of amides is 2. The van der Waals surface area contributed by atoms with E-state index in [1.165, 1.54) is 50.2 Å². The second-order valence-electron chi connectivity index (χ2n) is 8.25. The Hall–Kier alpha value is -4.65. The molecule has 1 aromatic heterocycles. The summed E-state index contributed by atoms with van der Waals surface area (Å²) in [4.78, 5) is 23.5. The number of urea groups is 1. The van der Waals surface area contributed by atoms with Crippen LogP contribution in [0.4, 0.5) is 20.6 Å². The van der Waals surface area contributed by atoms with Crippen molar-refractivity contribution < 1.29 is 23.6 Å². The average molecular weight is 553 g/mol. The molecule has 0 fully saturated rings. The van der Waals surface area contributed by atoms with E-state index >= 15 is 0 Å². The molecule has 3 aromatic carbocycles. The average Bonchev–Trinajstić information content (AvgIpc) is 3.37. The fraction of sp³-hybridized carbons (Fsp3) is 0.192. The molecule has 202 valence electrons. The first-order chi connectivity index (χ1) is 18.8. The highest BCUT2D eigenvalue weighted by Crippen LogP contribution is 2.30. The van der Waals surface area contributed by atoms with Gasteiger partial charge in [-0.2, -0.15) is 0 Å². The smallest absolute Gasteiger partial charge is 0.319 e. The number of nitrogens with one attached hydrogen (secondary N) is 2. The van der Waals surface area contributed by atoms with E-state index in [0.29, 0.717) is 39.6 Å². The Morgan fingerprint density at radius 1 is 1.08 bits per heavy atom. The number of hydrogen-bond donors (Lipinski definition) is 2. The quantitative estimate of drug-likeness (QED) is 0.150. The number of methoxy groups -OCH3 is 2. The maximum atomic E-state index is 13.3. The summed E-state index contributed by atoms with van der Waals surface area (Å²) in [6.07, 6.45) is 0. The minimum absolute atomic E-state index is 0.0621. The van der Waals surface area contributed by atoms with Crippen molar-refractivity contribution in [2.24, 2.45) is 0 Å². The van der Waals surface area contributed by atoms with Gasteiger partial charge in [-0.3, -0.25) is 14.7 Å². The molecule has 0 aliphatic carbocycles. The van der Waals surface area contributed by atoms with Crippen LogP contribution in [0.15, 0.2) is 71.9 Å². The number of ether oxygens (including phenoxy) is 2. The van der Waals surface area contributed by atoms with Crippen LogP contribution in [-0.2, 0) is 5.75 Å². The van der Waals surface area contributed by atoms with E-state index in [2.05, 4.69) is 20.8 Å². The first-order valence-corrected chi connectivity index (χ1v) is 12.6. The molecule has 0 radical (unpaired) electrons. The fourth-order valence-corrected chi connectivity index (χ4v) is 4.59. The van der Waals surface area contributed by atoms with Crippen LogP contribution < -0.4 is 20.1 Å². The van der Waals surface area contributed by atoms with Gasteiger partial charge in [0.05, 0.1) is 30.9 Å². The Bertz CT molecular complexity index is 1460. The molecule has 39 heavy (non-hydrogen) atoms. The van der Waals surface area contributed by atoms with Crippen molar-refractivity contribution in [3.8, 4) is 17.2 Å². The zero-order valence-electron chi connectivity index (χ0n) is 21.3. The van der Waals surface area contributed by atoms with Crippen molar-refractivity contribution in [3.63, 3.8) is 0 Å². The van der Waals surface area contributed by atoms with Crippen LogP contribution in [0.3, 0.4) is 0 Å². The molecule has 1 heterocycles. The lowest BCUT2D eigenvalue weighted by molar-refractivity contribution is -0.384. The number of halogens is 1. The third kappa shape index (κ3) is 6.62. The Morgan fingerprint density at radius 3 is 2.44 bits per heavy atom. The number of thioether (sulfide) groups is 1. The van der Waals surface area contributed by atoms with E-state index in [0.717, 1.165) is 5.56 Å². The predicted octanol–water partition coefficient (Wildman–Crippen LogP) is 5.51. The summed E-state index contributed by atoms with van der Waals surface area (Å²) in [6.45, 7) is 1.74. The molecule has 0 aliphatic heterocycles. The molecular formula is C26H25FN6O5S. The maximum Gasteiger partial charge on any atom is 0.319 e. The molecule has 2 amide bonds. The second kappa shape index (κ2) is 12.3. The molecule has 0 saturated carbocycles. The zero-order valence-corrected chi connectivity index (χ0v) is 22.1. The van der Waals surface area contributed by atoms with Crippen molar-refractivity contribution in [1.82, 2.24) is 20.1 Å². The summed E-state index contributed by atoms with van der Waals surface area (Å²) in [7, 11) is 3.02. The lowest BCUT2D eigenvalue weighted by atomic mass is 10.2. The maximum absolute atomic E-state index is 13.3. The summed E-state index contributed by atoms with van der Waals surface area (Å²) in [5.74, 6) is 1.55. The topological polar surface area (TPSA) is 133 Å². The van der Waals surface area contributed by atoms with Gasteiger partial charge in [0, 0.05) is 29.6 Å². The number of benzene rings is 3. The van der Waals surface area contributed by atoms with Crippen LogP contribution in [-0.4, -0.2) is 39.9 Å². The molecule has 4 aromatic rings. The number of anilines is 1. The van der Waals surface area contributed by atoms with Crippen LogP contribution in [0, 0.1) is 15.9 Å². The fourth-order valence-electron chi connectivity index (χ4n) is 3.67. The monoisotopic (exact) mass is 552 g/mol. The first-order valence-electron chi connectivity index (χ1n) is 11.7. The van der Waals surface area contributed by atoms with E-state index in [4.69, 9.17) is 9.47 Å². The molecule has 0 aliphatic rings. The van der Waals surface area contributed by atoms with Gasteiger partial charge in [-0.05, 0) is 48.9 Å². The van der Waals surface area contributed by atoms with Gasteiger partial charge in [0.15, 0.2) is 11.0 Å². The number of carbonyl (C=O) groups excluding carboxylic acids is 1. The number of rotatable bonds is 10. The standard InChI is InChI=1S/C26H25FN6O5S/c1-16(28-25(34)29-22-13-12-21(37-2)14-23(22)38-3)24-30-31-26(39-15-17-4-6-18(27)7-5-17)32(24)19-8-10-20(11-9-19)33(35)36/h4-14,16H,15H2,1-3H3,(H2,28,29,34). The molecule has 1 unspecified atom stereocenters. The summed E-state index contributed by atoms with van der Waals surface area (Å²) in [5, 5.41) is 25.8. The number of nitrogens with zero attached hydrogens (tertiary/aromatic N) is 4. The van der Waals surface area contributed by atoms with E-state index in [1.54, 1.807) is 54.0 Å². The van der Waals surface area contributed by atoms with Gasteiger partial charge in [-0.1, -0.05) is 23.9 Å². The lowest BCUT2D eigenvalue weighted by Crippen LogP contribution is -2.32. The summed E-state index contributed by atoms with van der Waals surface area (Å²) in [6, 6.07) is 15.9. The van der Waals surface area contributed by atoms with Crippen molar-refractivity contribution in [1.29, 1.82) is 0 Å². The molecule has 1 atom stereocenters. The van der Waals surface area contributed by atoms with Gasteiger partial charge in [-0.25, -0.2) is 9.18 Å². The van der Waals surface area contributed by atoms with Gasteiger partial charge in [-0.15, -0.1) is 10.2 Å². The predicted molar refractivity (Wildman–Crippen MR) is 144 cm³/mol. The largest absolute Gasteiger partial charge is 0.497 e. The second-order valence-corrected chi connectivity index (χ2v) is 9.19. The Balaban J connectivity index is 1.58. The minimum Gasteiger partial charge on any atom is -0.497 e. The van der Waals surface area contributed by atoms with Gasteiger partial charge < -0.3 is 20.1 Å². The molecular weight excluding hydrogens is 527 g/mol. The Labute approximate surface area is 227 Å². The molecule has 13 heteroatoms. The lowest BCUT2D eigenvalue weighted by Gasteiger charge is -2.17. The number of nitro benzene ring substituents is 1. The summed E-state index contributed by atoms with van der Waals surface area (Å²) < 4.78 is 25.5. The Morgan fingerprint density at radius 2 is 1.79 bits per heavy atom. The number of carbonyl (C=O) groups is 1. The van der Waals surface area contributed by atoms with E-state index in [9.17, 15) is 19.3 Å². The molecule has 2 N–H and O–H groups in total. The van der Waals surface area contributed by atoms with E-state index in [-0.39, 0.29) is 11.5 Å². The van der Waals surface area contributed by atoms with Gasteiger partial charge >= 0.3 is 6.03 Å². The van der Waals surface area contributed by atoms with Crippen molar-refractivity contribution in [2.45, 2.75) is 23.9 Å². The minimum atomic E-state index is -0.614. The zero-order chi connectivity index (χ0) is 27.9. The third-order valence-corrected chi connectivity index (χ3v) is 6.65. The van der Waals surface area contributed by atoms with Crippen LogP contribution in [0.1, 0.15) is 24.4 Å². The third-order valence-electron chi connectivity index (χ3n) is 5.65. The normalized spacial score (nSPS) is 11.5. The van der Waals surface area contributed by atoms with Crippen molar-refractivity contribution in [3.05, 3.63) is 94.0 Å². The summed E-state index contributed by atoms with van der Waals surface area (Å²) in [5.41, 5.74) is 1.83. The van der Waals surface area contributed by atoms with Crippen LogP contribution >= 0.6 is 11.8 Å². The molecule has 4 rings (SSSR count). The molecule has 11 nitrogen and oxygen atoms in total. The van der Waals surface area contributed by atoms with Crippen molar-refractivity contribution in [2.75, 3.05) is 19.5 Å². The highest BCUT2D eigenvalue weighted by molar-refractivity contribution is 7.98. The highest BCUT2D eigenvalue weighted by atomic mass is 32.2. The van der Waals surface area contributed by atoms with Crippen LogP contribution in [0.5, 0.6) is 11.5 Å². The Kier molecular flexibility index (Phi) is 8.61. The van der Waals surface area contributed by atoms with Gasteiger partial charge in [0.2, 0.25) is 0 Å².